The van der Waals surface area contributed by atoms with Gasteiger partial charge in [-0.15, -0.1) is 0 Å². The van der Waals surface area contributed by atoms with Crippen molar-refractivity contribution in [2.75, 3.05) is 6.61 Å². The van der Waals surface area contributed by atoms with Gasteiger partial charge < -0.3 is 4.74 Å². The van der Waals surface area contributed by atoms with E-state index in [4.69, 9.17) is 10.00 Å². The number of ether oxygens (including phenoxy) is 1. The average molecular weight is 346 g/mol. The van der Waals surface area contributed by atoms with Crippen LogP contribution in [0.15, 0.2) is 35.4 Å². The molecular formula is C16H18N4O3S. The minimum Gasteiger partial charge on any atom is -0.370 e. The minimum absolute atomic E-state index is 0.148. The van der Waals surface area contributed by atoms with Gasteiger partial charge >= 0.3 is 0 Å². The van der Waals surface area contributed by atoms with Crippen molar-refractivity contribution < 1.29 is 13.2 Å². The first-order valence-electron chi connectivity index (χ1n) is 7.55. The van der Waals surface area contributed by atoms with Gasteiger partial charge in [0.1, 0.15) is 6.10 Å². The fraction of sp³-hybridized carbons (Fsp3) is 0.375. The van der Waals surface area contributed by atoms with Crippen LogP contribution in [0, 0.1) is 18.3 Å². The molecule has 3 rings (SSSR count). The summed E-state index contributed by atoms with van der Waals surface area (Å²) >= 11 is 0. The summed E-state index contributed by atoms with van der Waals surface area (Å²) in [4.78, 5) is 0.148. The summed E-state index contributed by atoms with van der Waals surface area (Å²) in [6.45, 7) is 2.20. The lowest BCUT2D eigenvalue weighted by molar-refractivity contribution is 0.0959. The highest BCUT2D eigenvalue weighted by Gasteiger charge is 2.35. The van der Waals surface area contributed by atoms with Gasteiger partial charge in [-0.2, -0.15) is 10.4 Å². The molecule has 1 aromatic carbocycles. The van der Waals surface area contributed by atoms with Crippen LogP contribution in [0.2, 0.25) is 0 Å². The Morgan fingerprint density at radius 1 is 1.42 bits per heavy atom. The zero-order valence-electron chi connectivity index (χ0n) is 13.4. The van der Waals surface area contributed by atoms with Crippen LogP contribution in [0.3, 0.4) is 0 Å². The molecule has 1 aliphatic heterocycles. The van der Waals surface area contributed by atoms with E-state index >= 15 is 0 Å². The first-order chi connectivity index (χ1) is 11.4. The van der Waals surface area contributed by atoms with E-state index in [1.807, 2.05) is 12.1 Å². The lowest BCUT2D eigenvalue weighted by Crippen LogP contribution is -2.37. The normalized spacial score (nSPS) is 20.9. The summed E-state index contributed by atoms with van der Waals surface area (Å²) in [5, 5.41) is 13.1. The Hall–Kier alpha value is -2.21. The van der Waals surface area contributed by atoms with Gasteiger partial charge in [-0.3, -0.25) is 4.68 Å². The van der Waals surface area contributed by atoms with Crippen molar-refractivity contribution in [2.45, 2.75) is 30.4 Å². The summed E-state index contributed by atoms with van der Waals surface area (Å²) < 4.78 is 35.4. The Bertz CT molecular complexity index is 898. The number of benzene rings is 1. The van der Waals surface area contributed by atoms with E-state index in [2.05, 4.69) is 9.82 Å². The number of hydrogen-bond acceptors (Lipinski definition) is 5. The van der Waals surface area contributed by atoms with Crippen LogP contribution in [0.4, 0.5) is 0 Å². The first kappa shape index (κ1) is 16.6. The van der Waals surface area contributed by atoms with Gasteiger partial charge in [0.2, 0.25) is 10.0 Å². The van der Waals surface area contributed by atoms with Crippen molar-refractivity contribution >= 4 is 10.0 Å². The summed E-state index contributed by atoms with van der Waals surface area (Å²) in [7, 11) is -1.90. The van der Waals surface area contributed by atoms with E-state index in [9.17, 15) is 8.42 Å². The first-order valence-corrected chi connectivity index (χ1v) is 9.03. The highest BCUT2D eigenvalue weighted by Crippen LogP contribution is 2.30. The number of nitrogens with zero attached hydrogens (tertiary/aromatic N) is 3. The van der Waals surface area contributed by atoms with Crippen LogP contribution >= 0.6 is 0 Å². The molecule has 1 aromatic heterocycles. The van der Waals surface area contributed by atoms with E-state index < -0.39 is 10.0 Å². The molecule has 8 heteroatoms. The molecule has 0 amide bonds. The van der Waals surface area contributed by atoms with Crippen molar-refractivity contribution in [1.29, 1.82) is 5.26 Å². The fourth-order valence-electron chi connectivity index (χ4n) is 2.86. The molecule has 24 heavy (non-hydrogen) atoms. The third kappa shape index (κ3) is 3.06. The Kier molecular flexibility index (Phi) is 4.41. The number of aromatic nitrogens is 2. The highest BCUT2D eigenvalue weighted by atomic mass is 32.2. The van der Waals surface area contributed by atoms with Gasteiger partial charge in [0.15, 0.2) is 0 Å². The minimum atomic E-state index is -3.70. The predicted molar refractivity (Wildman–Crippen MR) is 86.5 cm³/mol. The van der Waals surface area contributed by atoms with Crippen LogP contribution in [0.25, 0.3) is 0 Å². The summed E-state index contributed by atoms with van der Waals surface area (Å²) in [5.41, 5.74) is 1.92. The summed E-state index contributed by atoms with van der Waals surface area (Å²) in [6, 6.07) is 7.97. The Labute approximate surface area is 140 Å². The number of aryl methyl sites for hydroxylation is 2. The Morgan fingerprint density at radius 3 is 2.83 bits per heavy atom. The molecule has 1 fully saturated rings. The number of nitriles is 1. The maximum Gasteiger partial charge on any atom is 0.240 e. The second-order valence-electron chi connectivity index (χ2n) is 5.78. The van der Waals surface area contributed by atoms with E-state index in [1.165, 1.54) is 18.2 Å². The molecule has 1 saturated heterocycles. The van der Waals surface area contributed by atoms with Crippen LogP contribution in [-0.2, 0) is 21.8 Å². The highest BCUT2D eigenvalue weighted by molar-refractivity contribution is 7.89. The molecule has 0 unspecified atom stereocenters. The number of hydrogen-bond donors (Lipinski definition) is 1. The summed E-state index contributed by atoms with van der Waals surface area (Å²) in [6.07, 6.45) is 1.88. The summed E-state index contributed by atoms with van der Waals surface area (Å²) in [5.74, 6) is 0. The topological polar surface area (TPSA) is 97.0 Å². The van der Waals surface area contributed by atoms with Gasteiger partial charge in [0.05, 0.1) is 28.3 Å². The monoisotopic (exact) mass is 346 g/mol. The molecule has 2 atom stereocenters. The number of sulfonamides is 1. The molecule has 0 saturated carbocycles. The molecule has 0 aliphatic carbocycles. The zero-order chi connectivity index (χ0) is 17.3. The van der Waals surface area contributed by atoms with E-state index in [1.54, 1.807) is 24.9 Å². The van der Waals surface area contributed by atoms with Crippen LogP contribution in [0.1, 0.15) is 29.3 Å². The molecule has 0 spiro atoms. The smallest absolute Gasteiger partial charge is 0.240 e. The lowest BCUT2D eigenvalue weighted by atomic mass is 10.1. The third-order valence-electron chi connectivity index (χ3n) is 4.18. The number of rotatable bonds is 4. The van der Waals surface area contributed by atoms with Crippen molar-refractivity contribution in [1.82, 2.24) is 14.5 Å². The van der Waals surface area contributed by atoms with Gasteiger partial charge in [-0.05, 0) is 43.2 Å². The molecule has 0 bridgehead atoms. The Balaban J connectivity index is 1.85. The van der Waals surface area contributed by atoms with E-state index in [-0.39, 0.29) is 17.0 Å². The standard InChI is InChI=1S/C16H18N4O3S/c1-11-9-13(4-3-12(11)10-17)24(21,22)19-14-6-8-23-16(14)15-5-7-18-20(15)2/h3-5,7,9,14,16,19H,6,8H2,1-2H3/t14-,16-/m0/s1. The molecule has 1 N–H and O–H groups in total. The van der Waals surface area contributed by atoms with Crippen LogP contribution < -0.4 is 4.72 Å². The van der Waals surface area contributed by atoms with Crippen LogP contribution in [0.5, 0.6) is 0 Å². The SMILES string of the molecule is Cc1cc(S(=O)(=O)N[C@H]2CCO[C@@H]2c2ccnn2C)ccc1C#N. The van der Waals surface area contributed by atoms with Gasteiger partial charge in [0, 0.05) is 19.9 Å². The van der Waals surface area contributed by atoms with Crippen molar-refractivity contribution in [3.05, 3.63) is 47.3 Å². The quantitative estimate of drug-likeness (QED) is 0.903. The second-order valence-corrected chi connectivity index (χ2v) is 7.49. The molecular weight excluding hydrogens is 328 g/mol. The van der Waals surface area contributed by atoms with Gasteiger partial charge in [-0.1, -0.05) is 0 Å². The molecule has 1 aliphatic rings. The molecule has 2 aromatic rings. The lowest BCUT2D eigenvalue weighted by Gasteiger charge is -2.20. The average Bonchev–Trinajstić information content (AvgIpc) is 3.15. The molecule has 0 radical (unpaired) electrons. The van der Waals surface area contributed by atoms with Crippen molar-refractivity contribution in [3.63, 3.8) is 0 Å². The predicted octanol–water partition coefficient (Wildman–Crippen LogP) is 1.41. The third-order valence-corrected chi connectivity index (χ3v) is 5.66. The number of nitrogens with one attached hydrogen (secondary N) is 1. The van der Waals surface area contributed by atoms with Crippen molar-refractivity contribution in [3.8, 4) is 6.07 Å². The molecule has 126 valence electrons. The molecule has 7 nitrogen and oxygen atoms in total. The van der Waals surface area contributed by atoms with Crippen LogP contribution in [-0.4, -0.2) is 30.8 Å². The largest absolute Gasteiger partial charge is 0.370 e. The zero-order valence-corrected chi connectivity index (χ0v) is 14.2. The van der Waals surface area contributed by atoms with Crippen molar-refractivity contribution in [2.24, 2.45) is 7.05 Å². The van der Waals surface area contributed by atoms with Gasteiger partial charge in [-0.25, -0.2) is 13.1 Å². The maximum absolute atomic E-state index is 12.7. The van der Waals surface area contributed by atoms with E-state index in [0.717, 1.165) is 5.69 Å². The fourth-order valence-corrected chi connectivity index (χ4v) is 4.22. The molecule has 2 heterocycles. The Morgan fingerprint density at radius 2 is 2.21 bits per heavy atom. The van der Waals surface area contributed by atoms with Gasteiger partial charge in [0.25, 0.3) is 0 Å². The van der Waals surface area contributed by atoms with E-state index in [0.29, 0.717) is 24.2 Å². The second kappa shape index (κ2) is 6.36. The maximum atomic E-state index is 12.7.